The molecule has 1 saturated heterocycles. The molecule has 8 heteroatoms. The minimum atomic E-state index is -0.549. The van der Waals surface area contributed by atoms with Gasteiger partial charge in [-0.25, -0.2) is 0 Å². The molecule has 0 aliphatic carbocycles. The van der Waals surface area contributed by atoms with Crippen LogP contribution in [0.2, 0.25) is 0 Å². The van der Waals surface area contributed by atoms with E-state index in [1.165, 1.54) is 13.2 Å². The van der Waals surface area contributed by atoms with E-state index in [-0.39, 0.29) is 18.4 Å². The maximum Gasteiger partial charge on any atom is 0.255 e. The lowest BCUT2D eigenvalue weighted by Gasteiger charge is -2.19. The van der Waals surface area contributed by atoms with Crippen molar-refractivity contribution in [3.8, 4) is 11.5 Å². The Kier molecular flexibility index (Phi) is 6.69. The van der Waals surface area contributed by atoms with E-state index in [1.807, 2.05) is 0 Å². The summed E-state index contributed by atoms with van der Waals surface area (Å²) < 4.78 is 10.6. The largest absolute Gasteiger partial charge is 0.494 e. The van der Waals surface area contributed by atoms with Gasteiger partial charge in [0, 0.05) is 30.8 Å². The molecule has 2 aromatic rings. The molecule has 1 aliphatic heterocycles. The first kappa shape index (κ1) is 20.9. The molecule has 2 aromatic carbocycles. The monoisotopic (exact) mass is 409 g/mol. The molecule has 8 nitrogen and oxygen atoms in total. The van der Waals surface area contributed by atoms with E-state index in [1.54, 1.807) is 53.4 Å². The second kappa shape index (κ2) is 9.60. The summed E-state index contributed by atoms with van der Waals surface area (Å²) in [5.74, 6) is 0.250. The number of carbonyl (C=O) groups excluding carboxylic acids is 3. The van der Waals surface area contributed by atoms with E-state index in [0.29, 0.717) is 35.8 Å². The maximum absolute atomic E-state index is 12.2. The fourth-order valence-corrected chi connectivity index (χ4v) is 3.07. The molecule has 0 saturated carbocycles. The summed E-state index contributed by atoms with van der Waals surface area (Å²) in [6.45, 7) is 0.474. The van der Waals surface area contributed by atoms with Gasteiger partial charge in [-0.3, -0.25) is 14.4 Å². The number of amides is 3. The van der Waals surface area contributed by atoms with Crippen LogP contribution in [0.5, 0.6) is 11.5 Å². The molecular weight excluding hydrogens is 386 g/mol. The summed E-state index contributed by atoms with van der Waals surface area (Å²) in [5, 5.41) is 2.77. The molecule has 0 radical (unpaired) electrons. The topological polar surface area (TPSA) is 111 Å². The van der Waals surface area contributed by atoms with Crippen molar-refractivity contribution >= 4 is 35.2 Å². The summed E-state index contributed by atoms with van der Waals surface area (Å²) >= 11 is 0. The number of hydrogen-bond donors (Lipinski definition) is 2. The number of rotatable bonds is 8. The minimum Gasteiger partial charge on any atom is -0.494 e. The van der Waals surface area contributed by atoms with Crippen molar-refractivity contribution in [3.05, 3.63) is 54.1 Å². The summed E-state index contributed by atoms with van der Waals surface area (Å²) in [5.41, 5.74) is 7.09. The van der Waals surface area contributed by atoms with Gasteiger partial charge in [0.05, 0.1) is 12.8 Å². The van der Waals surface area contributed by atoms with Gasteiger partial charge < -0.3 is 25.4 Å². The first-order valence-electron chi connectivity index (χ1n) is 9.45. The Balaban J connectivity index is 1.61. The molecule has 0 aromatic heterocycles. The molecule has 0 atom stereocenters. The molecule has 3 rings (SSSR count). The summed E-state index contributed by atoms with van der Waals surface area (Å²) in [4.78, 5) is 36.6. The van der Waals surface area contributed by atoms with Crippen LogP contribution in [0.1, 0.15) is 18.4 Å². The smallest absolute Gasteiger partial charge is 0.255 e. The standard InChI is InChI=1S/C22H23N3O5/c1-29-19-13-16(7-10-18(19)25-12-2-3-22(25)28)24-21(27)11-6-15-4-8-17(9-5-15)30-14-20(23)26/h4-11,13H,2-3,12,14H2,1H3,(H2,23,26)(H,24,27). The Morgan fingerprint density at radius 3 is 2.60 bits per heavy atom. The first-order chi connectivity index (χ1) is 14.5. The van der Waals surface area contributed by atoms with Gasteiger partial charge in [0.1, 0.15) is 11.5 Å². The lowest BCUT2D eigenvalue weighted by Crippen LogP contribution is -2.24. The molecule has 1 fully saturated rings. The number of nitrogens with zero attached hydrogens (tertiary/aromatic N) is 1. The quantitative estimate of drug-likeness (QED) is 0.650. The molecule has 3 amide bonds. The molecule has 3 N–H and O–H groups in total. The van der Waals surface area contributed by atoms with Crippen molar-refractivity contribution in [1.82, 2.24) is 0 Å². The third kappa shape index (κ3) is 5.38. The predicted octanol–water partition coefficient (Wildman–Crippen LogP) is 2.34. The second-order valence-electron chi connectivity index (χ2n) is 6.68. The van der Waals surface area contributed by atoms with Gasteiger partial charge in [0.25, 0.3) is 5.91 Å². The fraction of sp³-hybridized carbons (Fsp3) is 0.227. The van der Waals surface area contributed by atoms with Gasteiger partial charge in [-0.1, -0.05) is 12.1 Å². The van der Waals surface area contributed by atoms with Gasteiger partial charge in [-0.15, -0.1) is 0 Å². The Morgan fingerprint density at radius 1 is 1.20 bits per heavy atom. The van der Waals surface area contributed by atoms with E-state index in [2.05, 4.69) is 5.32 Å². The molecule has 1 heterocycles. The number of primary amides is 1. The van der Waals surface area contributed by atoms with E-state index >= 15 is 0 Å². The molecule has 0 unspecified atom stereocenters. The number of methoxy groups -OCH3 is 1. The molecule has 0 spiro atoms. The molecule has 30 heavy (non-hydrogen) atoms. The highest BCUT2D eigenvalue weighted by atomic mass is 16.5. The van der Waals surface area contributed by atoms with E-state index < -0.39 is 5.91 Å². The summed E-state index contributed by atoms with van der Waals surface area (Å²) in [7, 11) is 1.53. The average molecular weight is 409 g/mol. The minimum absolute atomic E-state index is 0.0686. The summed E-state index contributed by atoms with van der Waals surface area (Å²) in [6.07, 6.45) is 4.42. The van der Waals surface area contributed by atoms with Crippen LogP contribution in [0.3, 0.4) is 0 Å². The number of benzene rings is 2. The highest BCUT2D eigenvalue weighted by Gasteiger charge is 2.24. The summed E-state index contributed by atoms with van der Waals surface area (Å²) in [6, 6.07) is 12.1. The fourth-order valence-electron chi connectivity index (χ4n) is 3.07. The lowest BCUT2D eigenvalue weighted by molar-refractivity contribution is -0.120. The molecule has 0 bridgehead atoms. The first-order valence-corrected chi connectivity index (χ1v) is 9.45. The third-order valence-corrected chi connectivity index (χ3v) is 4.50. The normalized spacial score (nSPS) is 13.5. The van der Waals surface area contributed by atoms with Gasteiger partial charge in [-0.2, -0.15) is 0 Å². The van der Waals surface area contributed by atoms with Crippen molar-refractivity contribution in [2.75, 3.05) is 30.5 Å². The average Bonchev–Trinajstić information content (AvgIpc) is 3.17. The third-order valence-electron chi connectivity index (χ3n) is 4.50. The number of hydrogen-bond acceptors (Lipinski definition) is 5. The Labute approximate surface area is 174 Å². The Morgan fingerprint density at radius 2 is 1.97 bits per heavy atom. The van der Waals surface area contributed by atoms with Crippen LogP contribution in [-0.4, -0.2) is 38.0 Å². The van der Waals surface area contributed by atoms with Gasteiger partial charge >= 0.3 is 0 Å². The van der Waals surface area contributed by atoms with Crippen molar-refractivity contribution in [2.45, 2.75) is 12.8 Å². The Bertz CT molecular complexity index is 969. The van der Waals surface area contributed by atoms with Gasteiger partial charge in [-0.05, 0) is 42.3 Å². The lowest BCUT2D eigenvalue weighted by atomic mass is 10.2. The van der Waals surface area contributed by atoms with Crippen LogP contribution in [0.15, 0.2) is 48.5 Å². The number of nitrogens with two attached hydrogens (primary N) is 1. The van der Waals surface area contributed by atoms with Crippen molar-refractivity contribution < 1.29 is 23.9 Å². The van der Waals surface area contributed by atoms with Gasteiger partial charge in [0.2, 0.25) is 11.8 Å². The highest BCUT2D eigenvalue weighted by Crippen LogP contribution is 2.33. The number of nitrogens with one attached hydrogen (secondary N) is 1. The zero-order valence-corrected chi connectivity index (χ0v) is 16.6. The second-order valence-corrected chi connectivity index (χ2v) is 6.68. The zero-order valence-electron chi connectivity index (χ0n) is 16.6. The predicted molar refractivity (Wildman–Crippen MR) is 113 cm³/mol. The van der Waals surface area contributed by atoms with Crippen LogP contribution in [0.4, 0.5) is 11.4 Å². The van der Waals surface area contributed by atoms with E-state index in [0.717, 1.165) is 12.0 Å². The molecule has 156 valence electrons. The molecular formula is C22H23N3O5. The van der Waals surface area contributed by atoms with Crippen molar-refractivity contribution in [1.29, 1.82) is 0 Å². The number of carbonyl (C=O) groups is 3. The van der Waals surface area contributed by atoms with Crippen molar-refractivity contribution in [3.63, 3.8) is 0 Å². The maximum atomic E-state index is 12.2. The SMILES string of the molecule is COc1cc(NC(=O)C=Cc2ccc(OCC(N)=O)cc2)ccc1N1CCCC1=O. The zero-order chi connectivity index (χ0) is 21.5. The number of anilines is 2. The van der Waals surface area contributed by atoms with Gasteiger partial charge in [0.15, 0.2) is 6.61 Å². The Hall–Kier alpha value is -3.81. The van der Waals surface area contributed by atoms with Crippen LogP contribution >= 0.6 is 0 Å². The van der Waals surface area contributed by atoms with Crippen molar-refractivity contribution in [2.24, 2.45) is 5.73 Å². The molecule has 1 aliphatic rings. The van der Waals surface area contributed by atoms with Crippen LogP contribution in [0.25, 0.3) is 6.08 Å². The van der Waals surface area contributed by atoms with Crippen LogP contribution in [0, 0.1) is 0 Å². The highest BCUT2D eigenvalue weighted by molar-refractivity contribution is 6.02. The van der Waals surface area contributed by atoms with E-state index in [9.17, 15) is 14.4 Å². The van der Waals surface area contributed by atoms with Crippen LogP contribution < -0.4 is 25.4 Å². The van der Waals surface area contributed by atoms with Crippen LogP contribution in [-0.2, 0) is 14.4 Å². The number of ether oxygens (including phenoxy) is 2. The van der Waals surface area contributed by atoms with E-state index in [4.69, 9.17) is 15.2 Å².